The Morgan fingerprint density at radius 1 is 1.12 bits per heavy atom. The Bertz CT molecular complexity index is 921. The van der Waals surface area contributed by atoms with Crippen LogP contribution in [0.15, 0.2) is 68.7 Å². The third-order valence-corrected chi connectivity index (χ3v) is 4.59. The lowest BCUT2D eigenvalue weighted by atomic mass is 10.2. The van der Waals surface area contributed by atoms with Gasteiger partial charge in [-0.1, -0.05) is 23.7 Å². The van der Waals surface area contributed by atoms with Crippen molar-refractivity contribution >= 4 is 40.2 Å². The maximum Gasteiger partial charge on any atom is 0.287 e. The van der Waals surface area contributed by atoms with Crippen molar-refractivity contribution in [3.8, 4) is 0 Å². The number of thioether (sulfide) groups is 1. The molecule has 0 bridgehead atoms. The molecule has 0 spiro atoms. The van der Waals surface area contributed by atoms with E-state index in [0.29, 0.717) is 28.3 Å². The molecule has 1 amide bonds. The lowest BCUT2D eigenvalue weighted by Gasteiger charge is -2.05. The molecule has 24 heavy (non-hydrogen) atoms. The minimum Gasteiger partial charge on any atom is -0.451 e. The monoisotopic (exact) mass is 359 g/mol. The van der Waals surface area contributed by atoms with E-state index in [9.17, 15) is 9.59 Å². The summed E-state index contributed by atoms with van der Waals surface area (Å²) in [6.45, 7) is 0.461. The number of fused-ring (bicyclic) bond motifs is 1. The normalized spacial score (nSPS) is 10.7. The van der Waals surface area contributed by atoms with Gasteiger partial charge in [0.1, 0.15) is 5.58 Å². The average molecular weight is 360 g/mol. The van der Waals surface area contributed by atoms with E-state index in [1.54, 1.807) is 36.0 Å². The number of carbonyl (C=O) groups is 1. The van der Waals surface area contributed by atoms with Crippen molar-refractivity contribution < 1.29 is 9.21 Å². The molecule has 1 heterocycles. The van der Waals surface area contributed by atoms with Crippen LogP contribution in [0.25, 0.3) is 11.0 Å². The molecule has 0 aliphatic carbocycles. The Hall–Kier alpha value is -2.24. The number of nitrogens with one attached hydrogen (secondary N) is 1. The first kappa shape index (κ1) is 16.6. The summed E-state index contributed by atoms with van der Waals surface area (Å²) >= 11 is 7.44. The molecule has 4 nitrogen and oxygen atoms in total. The van der Waals surface area contributed by atoms with Gasteiger partial charge in [0.05, 0.1) is 5.39 Å². The number of amides is 1. The van der Waals surface area contributed by atoms with E-state index in [1.165, 1.54) is 6.07 Å². The minimum absolute atomic E-state index is 0.0233. The molecule has 0 saturated heterocycles. The lowest BCUT2D eigenvalue weighted by molar-refractivity contribution is 0.0929. The summed E-state index contributed by atoms with van der Waals surface area (Å²) in [6.07, 6.45) is 0. The second-order valence-corrected chi connectivity index (χ2v) is 6.63. The Kier molecular flexibility index (Phi) is 5.23. The molecule has 1 aromatic heterocycles. The van der Waals surface area contributed by atoms with E-state index < -0.39 is 5.91 Å². The number of halogens is 1. The van der Waals surface area contributed by atoms with Crippen molar-refractivity contribution in [1.82, 2.24) is 5.32 Å². The molecule has 3 rings (SSSR count). The van der Waals surface area contributed by atoms with Gasteiger partial charge in [-0.15, -0.1) is 11.8 Å². The number of rotatable bonds is 5. The molecule has 0 aliphatic rings. The first-order chi connectivity index (χ1) is 11.6. The second-order valence-electron chi connectivity index (χ2n) is 5.03. The van der Waals surface area contributed by atoms with Gasteiger partial charge in [0.15, 0.2) is 11.2 Å². The van der Waals surface area contributed by atoms with Gasteiger partial charge in [-0.2, -0.15) is 0 Å². The fourth-order valence-corrected chi connectivity index (χ4v) is 3.06. The van der Waals surface area contributed by atoms with Crippen LogP contribution in [0.5, 0.6) is 0 Å². The molecule has 0 atom stereocenters. The van der Waals surface area contributed by atoms with E-state index in [4.69, 9.17) is 16.0 Å². The van der Waals surface area contributed by atoms with Crippen molar-refractivity contribution in [1.29, 1.82) is 0 Å². The minimum atomic E-state index is -0.394. The van der Waals surface area contributed by atoms with Crippen LogP contribution in [-0.2, 0) is 0 Å². The Labute approximate surface area is 147 Å². The van der Waals surface area contributed by atoms with Crippen molar-refractivity contribution in [3.05, 3.63) is 75.6 Å². The van der Waals surface area contributed by atoms with Gasteiger partial charge in [0.25, 0.3) is 5.91 Å². The third kappa shape index (κ3) is 3.99. The largest absolute Gasteiger partial charge is 0.451 e. The highest BCUT2D eigenvalue weighted by Crippen LogP contribution is 2.19. The van der Waals surface area contributed by atoms with Crippen LogP contribution in [0, 0.1) is 0 Å². The van der Waals surface area contributed by atoms with Crippen LogP contribution in [0.1, 0.15) is 10.6 Å². The first-order valence-corrected chi connectivity index (χ1v) is 8.69. The van der Waals surface area contributed by atoms with Crippen LogP contribution < -0.4 is 10.7 Å². The van der Waals surface area contributed by atoms with Crippen LogP contribution in [-0.4, -0.2) is 18.2 Å². The molecular formula is C18H14ClNO3S. The molecular weight excluding hydrogens is 346 g/mol. The van der Waals surface area contributed by atoms with E-state index in [-0.39, 0.29) is 11.2 Å². The fraction of sp³-hybridized carbons (Fsp3) is 0.111. The van der Waals surface area contributed by atoms with E-state index in [0.717, 1.165) is 4.90 Å². The quantitative estimate of drug-likeness (QED) is 0.553. The highest BCUT2D eigenvalue weighted by atomic mass is 35.5. The number of carbonyl (C=O) groups excluding carboxylic acids is 1. The Morgan fingerprint density at radius 3 is 2.67 bits per heavy atom. The number of hydrogen-bond donors (Lipinski definition) is 1. The van der Waals surface area contributed by atoms with Gasteiger partial charge in [-0.05, 0) is 36.4 Å². The van der Waals surface area contributed by atoms with Crippen molar-refractivity contribution in [3.63, 3.8) is 0 Å². The average Bonchev–Trinajstić information content (AvgIpc) is 2.60. The molecule has 0 radical (unpaired) electrons. The smallest absolute Gasteiger partial charge is 0.287 e. The number of benzene rings is 2. The topological polar surface area (TPSA) is 59.3 Å². The summed E-state index contributed by atoms with van der Waals surface area (Å²) in [6, 6.07) is 15.6. The first-order valence-electron chi connectivity index (χ1n) is 7.33. The zero-order chi connectivity index (χ0) is 16.9. The lowest BCUT2D eigenvalue weighted by Crippen LogP contribution is -2.26. The van der Waals surface area contributed by atoms with Crippen LogP contribution in [0.2, 0.25) is 5.02 Å². The van der Waals surface area contributed by atoms with Gasteiger partial charge >= 0.3 is 0 Å². The van der Waals surface area contributed by atoms with E-state index in [1.807, 2.05) is 24.3 Å². The van der Waals surface area contributed by atoms with Crippen LogP contribution in [0.4, 0.5) is 0 Å². The predicted molar refractivity (Wildman–Crippen MR) is 97.0 cm³/mol. The van der Waals surface area contributed by atoms with Gasteiger partial charge in [-0.25, -0.2) is 0 Å². The zero-order valence-electron chi connectivity index (χ0n) is 12.6. The van der Waals surface area contributed by atoms with Crippen LogP contribution >= 0.6 is 23.4 Å². The summed E-state index contributed by atoms with van der Waals surface area (Å²) < 4.78 is 5.50. The maximum atomic E-state index is 12.1. The van der Waals surface area contributed by atoms with Crippen molar-refractivity contribution in [2.45, 2.75) is 4.90 Å². The van der Waals surface area contributed by atoms with E-state index in [2.05, 4.69) is 5.32 Å². The van der Waals surface area contributed by atoms with Crippen molar-refractivity contribution in [2.75, 3.05) is 12.3 Å². The molecule has 6 heteroatoms. The van der Waals surface area contributed by atoms with Crippen molar-refractivity contribution in [2.24, 2.45) is 0 Å². The molecule has 122 valence electrons. The fourth-order valence-electron chi connectivity index (χ4n) is 2.17. The third-order valence-electron chi connectivity index (χ3n) is 3.33. The molecule has 0 unspecified atom stereocenters. The number of para-hydroxylation sites is 1. The summed E-state index contributed by atoms with van der Waals surface area (Å²) in [7, 11) is 0. The number of hydrogen-bond acceptors (Lipinski definition) is 4. The summed E-state index contributed by atoms with van der Waals surface area (Å²) in [4.78, 5) is 25.2. The molecule has 3 aromatic rings. The molecule has 0 aliphatic heterocycles. The Morgan fingerprint density at radius 2 is 1.88 bits per heavy atom. The summed E-state index contributed by atoms with van der Waals surface area (Å²) in [5.41, 5.74) is 0.184. The molecule has 0 fully saturated rings. The van der Waals surface area contributed by atoms with Gasteiger partial charge in [0.2, 0.25) is 0 Å². The molecule has 0 saturated carbocycles. The molecule has 2 aromatic carbocycles. The summed E-state index contributed by atoms with van der Waals surface area (Å²) in [5, 5.41) is 3.91. The van der Waals surface area contributed by atoms with Crippen LogP contribution in [0.3, 0.4) is 0 Å². The highest BCUT2D eigenvalue weighted by molar-refractivity contribution is 7.99. The standard InChI is InChI=1S/C18H14ClNO3S/c19-12-5-7-13(8-6-12)24-10-9-20-18(22)17-11-15(21)14-3-1-2-4-16(14)23-17/h1-8,11H,9-10H2,(H,20,22). The maximum absolute atomic E-state index is 12.1. The predicted octanol–water partition coefficient (Wildman–Crippen LogP) is 3.97. The molecule has 1 N–H and O–H groups in total. The Balaban J connectivity index is 1.59. The van der Waals surface area contributed by atoms with Gasteiger partial charge < -0.3 is 9.73 Å². The SMILES string of the molecule is O=C(NCCSc1ccc(Cl)cc1)c1cc(=O)c2ccccc2o1. The second kappa shape index (κ2) is 7.55. The zero-order valence-corrected chi connectivity index (χ0v) is 14.2. The highest BCUT2D eigenvalue weighted by Gasteiger charge is 2.11. The van der Waals surface area contributed by atoms with Gasteiger partial charge in [0, 0.05) is 28.3 Å². The van der Waals surface area contributed by atoms with Gasteiger partial charge in [-0.3, -0.25) is 9.59 Å². The van der Waals surface area contributed by atoms with E-state index >= 15 is 0 Å². The summed E-state index contributed by atoms with van der Waals surface area (Å²) in [5.74, 6) is 0.329.